The van der Waals surface area contributed by atoms with Crippen molar-refractivity contribution < 1.29 is 5.11 Å². The average Bonchev–Trinajstić information content (AvgIpc) is 2.45. The highest BCUT2D eigenvalue weighted by Gasteiger charge is 2.29. The maximum atomic E-state index is 9.08. The number of aliphatic hydroxyl groups is 1. The Morgan fingerprint density at radius 1 is 1.43 bits per heavy atom. The van der Waals surface area contributed by atoms with Crippen LogP contribution in [0.15, 0.2) is 34.3 Å². The van der Waals surface area contributed by atoms with Gasteiger partial charge in [-0.1, -0.05) is 12.1 Å². The van der Waals surface area contributed by atoms with Gasteiger partial charge < -0.3 is 15.8 Å². The molecule has 3 N–H and O–H groups in total. The molecule has 5 heteroatoms. The van der Waals surface area contributed by atoms with Gasteiger partial charge in [-0.25, -0.2) is 4.99 Å². The monoisotopic (exact) mass is 284 g/mol. The van der Waals surface area contributed by atoms with Crippen LogP contribution in [0.4, 0.5) is 11.4 Å². The second-order valence-corrected chi connectivity index (χ2v) is 5.71. The lowest BCUT2D eigenvalue weighted by Gasteiger charge is -2.32. The fourth-order valence-electron chi connectivity index (χ4n) is 2.75. The number of hydrogen-bond acceptors (Lipinski definition) is 5. The molecule has 1 heterocycles. The van der Waals surface area contributed by atoms with Crippen LogP contribution in [-0.4, -0.2) is 41.4 Å². The molecule has 21 heavy (non-hydrogen) atoms. The second-order valence-electron chi connectivity index (χ2n) is 5.71. The zero-order valence-corrected chi connectivity index (χ0v) is 12.1. The molecule has 1 aliphatic heterocycles. The van der Waals surface area contributed by atoms with Gasteiger partial charge in [-0.3, -0.25) is 4.99 Å². The summed E-state index contributed by atoms with van der Waals surface area (Å²) >= 11 is 0. The number of para-hydroxylation sites is 2. The summed E-state index contributed by atoms with van der Waals surface area (Å²) in [6.07, 6.45) is 1.81. The summed E-state index contributed by atoms with van der Waals surface area (Å²) in [6.45, 7) is 2.59. The van der Waals surface area contributed by atoms with Gasteiger partial charge in [0.25, 0.3) is 0 Å². The van der Waals surface area contributed by atoms with Crippen LogP contribution in [0.2, 0.25) is 0 Å². The first-order chi connectivity index (χ1) is 10.2. The van der Waals surface area contributed by atoms with Gasteiger partial charge >= 0.3 is 0 Å². The zero-order chi connectivity index (χ0) is 14.8. The van der Waals surface area contributed by atoms with E-state index in [2.05, 4.69) is 15.3 Å². The van der Waals surface area contributed by atoms with Crippen LogP contribution in [0.1, 0.15) is 19.8 Å². The number of rotatable bonds is 4. The summed E-state index contributed by atoms with van der Waals surface area (Å²) in [6, 6.07) is 8.12. The van der Waals surface area contributed by atoms with Crippen LogP contribution in [0.3, 0.4) is 0 Å². The Labute approximate surface area is 124 Å². The molecule has 0 amide bonds. The van der Waals surface area contributed by atoms with E-state index in [1.807, 2.05) is 24.3 Å². The van der Waals surface area contributed by atoms with Crippen molar-refractivity contribution in [1.82, 2.24) is 0 Å². The van der Waals surface area contributed by atoms with E-state index in [4.69, 9.17) is 10.5 Å². The lowest BCUT2D eigenvalue weighted by Crippen LogP contribution is -2.35. The molecule has 5 nitrogen and oxygen atoms in total. The molecule has 1 aromatic rings. The van der Waals surface area contributed by atoms with Crippen LogP contribution in [0.5, 0.6) is 0 Å². The van der Waals surface area contributed by atoms with E-state index in [0.717, 1.165) is 29.9 Å². The quantitative estimate of drug-likeness (QED) is 0.742. The Kier molecular flexibility index (Phi) is 3.84. The number of nitrogens with one attached hydrogen (secondary N) is 2. The van der Waals surface area contributed by atoms with Gasteiger partial charge in [0, 0.05) is 6.61 Å². The molecular weight excluding hydrogens is 264 g/mol. The summed E-state index contributed by atoms with van der Waals surface area (Å²) in [5, 5.41) is 20.4. The molecule has 3 rings (SSSR count). The van der Waals surface area contributed by atoms with Crippen molar-refractivity contribution in [3.05, 3.63) is 24.3 Å². The predicted octanol–water partition coefficient (Wildman–Crippen LogP) is 2.44. The Bertz CT molecular complexity index is 614. The van der Waals surface area contributed by atoms with Gasteiger partial charge in [0.1, 0.15) is 5.71 Å². The minimum atomic E-state index is 0.220. The maximum Gasteiger partial charge on any atom is 0.102 e. The number of benzene rings is 1. The molecule has 0 saturated heterocycles. The van der Waals surface area contributed by atoms with E-state index in [9.17, 15) is 0 Å². The molecule has 110 valence electrons. The lowest BCUT2D eigenvalue weighted by atomic mass is 9.81. The number of nitrogens with zero attached hydrogens (tertiary/aromatic N) is 2. The van der Waals surface area contributed by atoms with E-state index in [-0.39, 0.29) is 12.6 Å². The van der Waals surface area contributed by atoms with Crippen molar-refractivity contribution in [2.24, 2.45) is 15.9 Å². The zero-order valence-electron chi connectivity index (χ0n) is 12.1. The van der Waals surface area contributed by atoms with Gasteiger partial charge in [0.15, 0.2) is 0 Å². The maximum absolute atomic E-state index is 9.08. The number of aliphatic imine (C=N–C) groups is 2. The summed E-state index contributed by atoms with van der Waals surface area (Å²) in [5.41, 5.74) is 3.89. The minimum Gasteiger partial charge on any atom is -0.396 e. The molecule has 0 unspecified atom stereocenters. The highest BCUT2D eigenvalue weighted by Crippen LogP contribution is 2.31. The third-order valence-corrected chi connectivity index (χ3v) is 4.01. The van der Waals surface area contributed by atoms with E-state index >= 15 is 0 Å². The average molecular weight is 284 g/mol. The number of aliphatic hydroxyl groups excluding tert-OH is 1. The fourth-order valence-corrected chi connectivity index (χ4v) is 2.75. The van der Waals surface area contributed by atoms with Crippen molar-refractivity contribution >= 4 is 28.5 Å². The molecule has 1 saturated carbocycles. The minimum absolute atomic E-state index is 0.220. The summed E-state index contributed by atoms with van der Waals surface area (Å²) in [5.74, 6) is 0.373. The first-order valence-electron chi connectivity index (χ1n) is 7.32. The fraction of sp³-hybridized carbons (Fsp3) is 0.438. The van der Waals surface area contributed by atoms with Gasteiger partial charge in [0.05, 0.1) is 35.4 Å². The third-order valence-electron chi connectivity index (χ3n) is 4.01. The molecule has 0 spiro atoms. The van der Waals surface area contributed by atoms with Gasteiger partial charge in [0.2, 0.25) is 0 Å². The van der Waals surface area contributed by atoms with Crippen LogP contribution in [0.25, 0.3) is 0 Å². The standard InChI is InChI=1S/C16H20N4O/c1-10(17)16(19-12-6-11(7-12)9-21)15-8-18-13-4-2-3-5-14(13)20-15/h2-5,11-12,17-18,21H,6-9H2,1H3/b17-10?,19-16-. The van der Waals surface area contributed by atoms with Gasteiger partial charge in [-0.2, -0.15) is 0 Å². The Morgan fingerprint density at radius 2 is 2.19 bits per heavy atom. The van der Waals surface area contributed by atoms with Crippen LogP contribution in [-0.2, 0) is 0 Å². The molecule has 2 aliphatic rings. The number of fused-ring (bicyclic) bond motifs is 1. The summed E-state index contributed by atoms with van der Waals surface area (Å²) in [7, 11) is 0. The van der Waals surface area contributed by atoms with Crippen LogP contribution < -0.4 is 5.32 Å². The molecule has 1 fully saturated rings. The lowest BCUT2D eigenvalue weighted by molar-refractivity contribution is 0.145. The smallest absolute Gasteiger partial charge is 0.102 e. The Hall–Kier alpha value is -2.01. The first-order valence-corrected chi connectivity index (χ1v) is 7.32. The molecule has 0 aromatic heterocycles. The van der Waals surface area contributed by atoms with Crippen LogP contribution in [0, 0.1) is 11.3 Å². The Morgan fingerprint density at radius 3 is 2.90 bits per heavy atom. The molecule has 0 bridgehead atoms. The summed E-state index contributed by atoms with van der Waals surface area (Å²) in [4.78, 5) is 9.34. The van der Waals surface area contributed by atoms with Crippen molar-refractivity contribution in [2.45, 2.75) is 25.8 Å². The first kappa shape index (κ1) is 13.9. The third kappa shape index (κ3) is 2.88. The number of anilines is 1. The van der Waals surface area contributed by atoms with Gasteiger partial charge in [-0.05, 0) is 37.8 Å². The molecule has 0 atom stereocenters. The van der Waals surface area contributed by atoms with Crippen LogP contribution >= 0.6 is 0 Å². The van der Waals surface area contributed by atoms with Crippen molar-refractivity contribution in [3.8, 4) is 0 Å². The molecule has 1 aliphatic carbocycles. The SMILES string of the molecule is CC(=N)/C(=N/C1CC(CO)C1)C1=Nc2ccccc2NC1. The van der Waals surface area contributed by atoms with Gasteiger partial charge in [-0.15, -0.1) is 0 Å². The highest BCUT2D eigenvalue weighted by molar-refractivity contribution is 6.68. The molecule has 1 aromatic carbocycles. The summed E-state index contributed by atoms with van der Waals surface area (Å²) < 4.78 is 0. The van der Waals surface area contributed by atoms with E-state index < -0.39 is 0 Å². The molecule has 0 radical (unpaired) electrons. The van der Waals surface area contributed by atoms with E-state index in [1.54, 1.807) is 6.92 Å². The van der Waals surface area contributed by atoms with Crippen molar-refractivity contribution in [2.75, 3.05) is 18.5 Å². The van der Waals surface area contributed by atoms with Crippen molar-refractivity contribution in [3.63, 3.8) is 0 Å². The second kappa shape index (κ2) is 5.77. The molecular formula is C16H20N4O. The topological polar surface area (TPSA) is 80.8 Å². The number of hydrogen-bond donors (Lipinski definition) is 3. The van der Waals surface area contributed by atoms with E-state index in [0.29, 0.717) is 23.9 Å². The normalized spacial score (nSPS) is 24.5. The van der Waals surface area contributed by atoms with Crippen molar-refractivity contribution in [1.29, 1.82) is 5.41 Å². The largest absolute Gasteiger partial charge is 0.396 e. The predicted molar refractivity (Wildman–Crippen MR) is 86.5 cm³/mol. The van der Waals surface area contributed by atoms with E-state index in [1.165, 1.54) is 0 Å². The highest BCUT2D eigenvalue weighted by atomic mass is 16.3. The Balaban J connectivity index is 1.84.